The Morgan fingerprint density at radius 3 is 2.22 bits per heavy atom. The fourth-order valence-corrected chi connectivity index (χ4v) is 2.28. The van der Waals surface area contributed by atoms with Gasteiger partial charge in [-0.05, 0) is 24.3 Å². The smallest absolute Gasteiger partial charge is 0.173 e. The fraction of sp³-hybridized carbons (Fsp3) is 0.0714. The molecule has 0 aliphatic carbocycles. The van der Waals surface area contributed by atoms with Crippen molar-refractivity contribution < 1.29 is 13.6 Å². The maximum absolute atomic E-state index is 13.0. The summed E-state index contributed by atoms with van der Waals surface area (Å²) in [7, 11) is 0. The third-order valence-corrected chi connectivity index (χ3v) is 3.31. The Morgan fingerprint density at radius 1 is 1.00 bits per heavy atom. The molecule has 0 saturated carbocycles. The van der Waals surface area contributed by atoms with Gasteiger partial charge in [-0.15, -0.1) is 11.8 Å². The van der Waals surface area contributed by atoms with E-state index in [1.807, 2.05) is 30.3 Å². The first-order chi connectivity index (χ1) is 8.65. The fourth-order valence-electron chi connectivity index (χ4n) is 1.46. The predicted octanol–water partition coefficient (Wildman–Crippen LogP) is 3.94. The number of Topliss-reactive ketones (excluding diaryl/α,β-unsaturated/α-hetero) is 1. The average Bonchev–Trinajstić information content (AvgIpc) is 2.36. The Hall–Kier alpha value is -1.68. The molecule has 92 valence electrons. The zero-order chi connectivity index (χ0) is 13.0. The lowest BCUT2D eigenvalue weighted by Gasteiger charge is -2.02. The van der Waals surface area contributed by atoms with E-state index in [1.165, 1.54) is 11.8 Å². The maximum Gasteiger partial charge on any atom is 0.173 e. The molecule has 0 atom stereocenters. The lowest BCUT2D eigenvalue weighted by atomic mass is 10.1. The Bertz CT molecular complexity index is 535. The van der Waals surface area contributed by atoms with Crippen molar-refractivity contribution in [3.05, 3.63) is 65.7 Å². The molecular weight excluding hydrogens is 254 g/mol. The van der Waals surface area contributed by atoms with Gasteiger partial charge < -0.3 is 0 Å². The van der Waals surface area contributed by atoms with Crippen LogP contribution in [0.1, 0.15) is 10.4 Å². The SMILES string of the molecule is O=C(CSc1ccccc1)c1cc(F)cc(F)c1. The molecule has 0 spiro atoms. The van der Waals surface area contributed by atoms with Gasteiger partial charge in [-0.1, -0.05) is 18.2 Å². The molecule has 0 bridgehead atoms. The molecule has 0 fully saturated rings. The number of benzene rings is 2. The Morgan fingerprint density at radius 2 is 1.61 bits per heavy atom. The molecule has 2 aromatic rings. The number of carbonyl (C=O) groups is 1. The van der Waals surface area contributed by atoms with E-state index in [9.17, 15) is 13.6 Å². The van der Waals surface area contributed by atoms with Crippen LogP contribution in [-0.4, -0.2) is 11.5 Å². The largest absolute Gasteiger partial charge is 0.293 e. The highest BCUT2D eigenvalue weighted by Crippen LogP contribution is 2.19. The number of carbonyl (C=O) groups excluding carboxylic acids is 1. The minimum Gasteiger partial charge on any atom is -0.293 e. The highest BCUT2D eigenvalue weighted by molar-refractivity contribution is 8.00. The van der Waals surface area contributed by atoms with Crippen LogP contribution in [-0.2, 0) is 0 Å². The van der Waals surface area contributed by atoms with Crippen LogP contribution in [0.15, 0.2) is 53.4 Å². The zero-order valence-electron chi connectivity index (χ0n) is 9.40. The molecule has 0 N–H and O–H groups in total. The lowest BCUT2D eigenvalue weighted by Crippen LogP contribution is -2.03. The average molecular weight is 264 g/mol. The molecule has 2 rings (SSSR count). The van der Waals surface area contributed by atoms with Crippen LogP contribution < -0.4 is 0 Å². The number of hydrogen-bond acceptors (Lipinski definition) is 2. The first-order valence-corrected chi connectivity index (χ1v) is 6.31. The number of rotatable bonds is 4. The highest BCUT2D eigenvalue weighted by Gasteiger charge is 2.09. The monoisotopic (exact) mass is 264 g/mol. The molecule has 0 heterocycles. The van der Waals surface area contributed by atoms with E-state index >= 15 is 0 Å². The molecule has 0 aromatic heterocycles. The van der Waals surface area contributed by atoms with E-state index in [4.69, 9.17) is 0 Å². The van der Waals surface area contributed by atoms with Crippen molar-refractivity contribution in [1.29, 1.82) is 0 Å². The molecule has 1 nitrogen and oxygen atoms in total. The molecule has 0 radical (unpaired) electrons. The van der Waals surface area contributed by atoms with E-state index in [2.05, 4.69) is 0 Å². The standard InChI is InChI=1S/C14H10F2OS/c15-11-6-10(7-12(16)8-11)14(17)9-18-13-4-2-1-3-5-13/h1-8H,9H2. The van der Waals surface area contributed by atoms with Crippen LogP contribution in [0.3, 0.4) is 0 Å². The number of halogens is 2. The topological polar surface area (TPSA) is 17.1 Å². The lowest BCUT2D eigenvalue weighted by molar-refractivity contribution is 0.102. The number of hydrogen-bond donors (Lipinski definition) is 0. The van der Waals surface area contributed by atoms with E-state index in [0.717, 1.165) is 23.1 Å². The molecule has 0 amide bonds. The summed E-state index contributed by atoms with van der Waals surface area (Å²) < 4.78 is 25.9. The molecule has 4 heteroatoms. The third-order valence-electron chi connectivity index (χ3n) is 2.30. The molecule has 0 aliphatic rings. The Kier molecular flexibility index (Phi) is 4.10. The van der Waals surface area contributed by atoms with Gasteiger partial charge >= 0.3 is 0 Å². The van der Waals surface area contributed by atoms with Crippen molar-refractivity contribution in [2.75, 3.05) is 5.75 Å². The van der Waals surface area contributed by atoms with Crippen LogP contribution in [0.2, 0.25) is 0 Å². The van der Waals surface area contributed by atoms with Crippen LogP contribution in [0, 0.1) is 11.6 Å². The van der Waals surface area contributed by atoms with Gasteiger partial charge in [-0.3, -0.25) is 4.79 Å². The number of thioether (sulfide) groups is 1. The molecular formula is C14H10F2OS. The first-order valence-electron chi connectivity index (χ1n) is 5.32. The molecule has 0 unspecified atom stereocenters. The van der Waals surface area contributed by atoms with Crippen LogP contribution >= 0.6 is 11.8 Å². The van der Waals surface area contributed by atoms with Crippen molar-refractivity contribution in [3.63, 3.8) is 0 Å². The Balaban J connectivity index is 2.04. The van der Waals surface area contributed by atoms with Gasteiger partial charge in [0.05, 0.1) is 5.75 Å². The summed E-state index contributed by atoms with van der Waals surface area (Å²) in [5.74, 6) is -1.60. The zero-order valence-corrected chi connectivity index (χ0v) is 10.2. The van der Waals surface area contributed by atoms with Gasteiger partial charge in [-0.25, -0.2) is 8.78 Å². The summed E-state index contributed by atoms with van der Waals surface area (Å²) in [6.45, 7) is 0. The van der Waals surface area contributed by atoms with Gasteiger partial charge in [0, 0.05) is 16.5 Å². The van der Waals surface area contributed by atoms with E-state index in [-0.39, 0.29) is 17.1 Å². The predicted molar refractivity (Wildman–Crippen MR) is 67.9 cm³/mol. The molecule has 18 heavy (non-hydrogen) atoms. The second-order valence-corrected chi connectivity index (χ2v) is 4.73. The van der Waals surface area contributed by atoms with Crippen molar-refractivity contribution >= 4 is 17.5 Å². The molecule has 2 aromatic carbocycles. The summed E-state index contributed by atoms with van der Waals surface area (Å²) in [5.41, 5.74) is 0.0657. The second kappa shape index (κ2) is 5.78. The van der Waals surface area contributed by atoms with Crippen LogP contribution in [0.4, 0.5) is 8.78 Å². The van der Waals surface area contributed by atoms with Crippen molar-refractivity contribution in [2.45, 2.75) is 4.90 Å². The van der Waals surface area contributed by atoms with Gasteiger partial charge in [-0.2, -0.15) is 0 Å². The van der Waals surface area contributed by atoms with E-state index < -0.39 is 11.6 Å². The normalized spacial score (nSPS) is 10.3. The summed E-state index contributed by atoms with van der Waals surface area (Å²) in [6.07, 6.45) is 0. The quantitative estimate of drug-likeness (QED) is 0.614. The summed E-state index contributed by atoms with van der Waals surface area (Å²) in [5, 5.41) is 0. The van der Waals surface area contributed by atoms with Crippen LogP contribution in [0.25, 0.3) is 0 Å². The minimum atomic E-state index is -0.733. The summed E-state index contributed by atoms with van der Waals surface area (Å²) in [6, 6.07) is 12.2. The van der Waals surface area contributed by atoms with Gasteiger partial charge in [0.2, 0.25) is 0 Å². The minimum absolute atomic E-state index is 0.0657. The van der Waals surface area contributed by atoms with E-state index in [1.54, 1.807) is 0 Å². The Labute approximate surface area is 108 Å². The molecule has 0 aliphatic heterocycles. The van der Waals surface area contributed by atoms with Gasteiger partial charge in [0.15, 0.2) is 5.78 Å². The number of ketones is 1. The highest BCUT2D eigenvalue weighted by atomic mass is 32.2. The van der Waals surface area contributed by atoms with Crippen molar-refractivity contribution in [2.24, 2.45) is 0 Å². The van der Waals surface area contributed by atoms with Crippen molar-refractivity contribution in [3.8, 4) is 0 Å². The van der Waals surface area contributed by atoms with Gasteiger partial charge in [0.25, 0.3) is 0 Å². The van der Waals surface area contributed by atoms with Crippen molar-refractivity contribution in [1.82, 2.24) is 0 Å². The molecule has 0 saturated heterocycles. The summed E-state index contributed by atoms with van der Waals surface area (Å²) in [4.78, 5) is 12.7. The second-order valence-electron chi connectivity index (χ2n) is 3.68. The first kappa shape index (κ1) is 12.8. The van der Waals surface area contributed by atoms with E-state index in [0.29, 0.717) is 0 Å². The maximum atomic E-state index is 13.0. The van der Waals surface area contributed by atoms with Gasteiger partial charge in [0.1, 0.15) is 11.6 Å². The summed E-state index contributed by atoms with van der Waals surface area (Å²) >= 11 is 1.34. The third kappa shape index (κ3) is 3.40. The van der Waals surface area contributed by atoms with Crippen LogP contribution in [0.5, 0.6) is 0 Å².